The van der Waals surface area contributed by atoms with Crippen LogP contribution in [0, 0.1) is 0 Å². The van der Waals surface area contributed by atoms with Crippen LogP contribution in [0.1, 0.15) is 19.4 Å². The zero-order chi connectivity index (χ0) is 17.4. The lowest BCUT2D eigenvalue weighted by molar-refractivity contribution is -0.123. The molecule has 24 heavy (non-hydrogen) atoms. The molecule has 2 aromatic rings. The van der Waals surface area contributed by atoms with Gasteiger partial charge in [0.05, 0.1) is 12.3 Å². The van der Waals surface area contributed by atoms with Gasteiger partial charge in [0.2, 0.25) is 11.8 Å². The van der Waals surface area contributed by atoms with Crippen LogP contribution in [-0.4, -0.2) is 29.9 Å². The zero-order valence-electron chi connectivity index (χ0n) is 13.9. The monoisotopic (exact) mass is 327 g/mol. The normalized spacial score (nSPS) is 10.1. The molecule has 2 amide bonds. The van der Waals surface area contributed by atoms with Crippen molar-refractivity contribution in [2.75, 3.05) is 18.1 Å². The van der Waals surface area contributed by atoms with E-state index in [1.165, 1.54) is 11.8 Å². The number of aromatic nitrogens is 1. The summed E-state index contributed by atoms with van der Waals surface area (Å²) in [7, 11) is 0. The summed E-state index contributed by atoms with van der Waals surface area (Å²) in [4.78, 5) is 29.5. The molecule has 0 atom stereocenters. The van der Waals surface area contributed by atoms with Crippen LogP contribution in [0.15, 0.2) is 48.8 Å². The molecule has 0 bridgehead atoms. The van der Waals surface area contributed by atoms with Gasteiger partial charge in [0.25, 0.3) is 0 Å². The predicted molar refractivity (Wildman–Crippen MR) is 91.7 cm³/mol. The molecule has 0 saturated carbocycles. The van der Waals surface area contributed by atoms with Crippen molar-refractivity contribution >= 4 is 17.5 Å². The SMILES string of the molecule is CCOc1ccccc1N(CC(=O)NCc1ccncc1)C(C)=O. The molecule has 1 heterocycles. The summed E-state index contributed by atoms with van der Waals surface area (Å²) in [6.07, 6.45) is 3.34. The van der Waals surface area contributed by atoms with Crippen molar-refractivity contribution in [3.63, 3.8) is 0 Å². The van der Waals surface area contributed by atoms with Gasteiger partial charge in [-0.3, -0.25) is 19.5 Å². The van der Waals surface area contributed by atoms with E-state index in [1.54, 1.807) is 24.5 Å². The Hall–Kier alpha value is -2.89. The van der Waals surface area contributed by atoms with Crippen molar-refractivity contribution in [3.05, 3.63) is 54.4 Å². The fourth-order valence-corrected chi connectivity index (χ4v) is 2.22. The molecule has 0 aliphatic carbocycles. The van der Waals surface area contributed by atoms with E-state index in [9.17, 15) is 9.59 Å². The van der Waals surface area contributed by atoms with E-state index in [-0.39, 0.29) is 18.4 Å². The highest BCUT2D eigenvalue weighted by Crippen LogP contribution is 2.28. The predicted octanol–water partition coefficient (Wildman–Crippen LogP) is 2.15. The number of ether oxygens (including phenoxy) is 1. The van der Waals surface area contributed by atoms with Crippen molar-refractivity contribution in [1.29, 1.82) is 0 Å². The molecule has 6 heteroatoms. The first-order chi connectivity index (χ1) is 11.6. The molecule has 0 aliphatic heterocycles. The quantitative estimate of drug-likeness (QED) is 0.846. The maximum atomic E-state index is 12.2. The van der Waals surface area contributed by atoms with Crippen LogP contribution in [0.25, 0.3) is 0 Å². The number of benzene rings is 1. The third kappa shape index (κ3) is 4.81. The number of hydrogen-bond donors (Lipinski definition) is 1. The molecule has 2 rings (SSSR count). The third-order valence-electron chi connectivity index (χ3n) is 3.38. The summed E-state index contributed by atoms with van der Waals surface area (Å²) in [5.41, 5.74) is 1.54. The molecule has 1 aromatic heterocycles. The van der Waals surface area contributed by atoms with Crippen LogP contribution in [0.4, 0.5) is 5.69 Å². The van der Waals surface area contributed by atoms with Gasteiger partial charge in [-0.15, -0.1) is 0 Å². The smallest absolute Gasteiger partial charge is 0.240 e. The topological polar surface area (TPSA) is 71.5 Å². The van der Waals surface area contributed by atoms with Crippen LogP contribution in [0.3, 0.4) is 0 Å². The lowest BCUT2D eigenvalue weighted by Gasteiger charge is -2.23. The number of carbonyl (C=O) groups is 2. The molecule has 0 saturated heterocycles. The van der Waals surface area contributed by atoms with Crippen LogP contribution in [0.2, 0.25) is 0 Å². The summed E-state index contributed by atoms with van der Waals surface area (Å²) in [5.74, 6) is 0.117. The molecule has 0 fully saturated rings. The maximum absolute atomic E-state index is 12.2. The second-order valence-electron chi connectivity index (χ2n) is 5.14. The van der Waals surface area contributed by atoms with Crippen LogP contribution in [0.5, 0.6) is 5.75 Å². The minimum absolute atomic E-state index is 0.0650. The molecule has 0 spiro atoms. The highest BCUT2D eigenvalue weighted by molar-refractivity contribution is 5.98. The molecule has 1 N–H and O–H groups in total. The number of rotatable bonds is 7. The lowest BCUT2D eigenvalue weighted by Crippen LogP contribution is -2.39. The van der Waals surface area contributed by atoms with Gasteiger partial charge in [0, 0.05) is 25.9 Å². The molecule has 1 aromatic carbocycles. The van der Waals surface area contributed by atoms with E-state index >= 15 is 0 Å². The largest absolute Gasteiger partial charge is 0.492 e. The summed E-state index contributed by atoms with van der Waals surface area (Å²) in [5, 5.41) is 2.80. The number of hydrogen-bond acceptors (Lipinski definition) is 4. The number of anilines is 1. The first-order valence-electron chi connectivity index (χ1n) is 7.77. The standard InChI is InChI=1S/C18H21N3O3/c1-3-24-17-7-5-4-6-16(17)21(14(2)22)13-18(23)20-12-15-8-10-19-11-9-15/h4-11H,3,12-13H2,1-2H3,(H,20,23). The molecular formula is C18H21N3O3. The summed E-state index contributed by atoms with van der Waals surface area (Å²) < 4.78 is 5.55. The van der Waals surface area contributed by atoms with Gasteiger partial charge in [0.15, 0.2) is 0 Å². The Labute approximate surface area is 141 Å². The minimum Gasteiger partial charge on any atom is -0.492 e. The summed E-state index contributed by atoms with van der Waals surface area (Å²) >= 11 is 0. The van der Waals surface area contributed by atoms with E-state index in [0.717, 1.165) is 5.56 Å². The Morgan fingerprint density at radius 1 is 1.17 bits per heavy atom. The van der Waals surface area contributed by atoms with E-state index in [4.69, 9.17) is 4.74 Å². The minimum atomic E-state index is -0.242. The number of pyridine rings is 1. The number of carbonyl (C=O) groups excluding carboxylic acids is 2. The van der Waals surface area contributed by atoms with Crippen LogP contribution in [-0.2, 0) is 16.1 Å². The molecule has 126 valence electrons. The maximum Gasteiger partial charge on any atom is 0.240 e. The third-order valence-corrected chi connectivity index (χ3v) is 3.38. The molecule has 6 nitrogen and oxygen atoms in total. The number of nitrogens with zero attached hydrogens (tertiary/aromatic N) is 2. The average Bonchev–Trinajstić information content (AvgIpc) is 2.59. The van der Waals surface area contributed by atoms with Crippen molar-refractivity contribution in [2.24, 2.45) is 0 Å². The van der Waals surface area contributed by atoms with E-state index in [0.29, 0.717) is 24.6 Å². The lowest BCUT2D eigenvalue weighted by atomic mass is 10.2. The van der Waals surface area contributed by atoms with Gasteiger partial charge in [-0.1, -0.05) is 12.1 Å². The first-order valence-corrected chi connectivity index (χ1v) is 7.77. The average molecular weight is 327 g/mol. The molecule has 0 radical (unpaired) electrons. The zero-order valence-corrected chi connectivity index (χ0v) is 13.9. The Morgan fingerprint density at radius 2 is 1.88 bits per heavy atom. The second-order valence-corrected chi connectivity index (χ2v) is 5.14. The highest BCUT2D eigenvalue weighted by atomic mass is 16.5. The summed E-state index contributed by atoms with van der Waals surface area (Å²) in [6.45, 7) is 4.11. The van der Waals surface area contributed by atoms with Crippen LogP contribution >= 0.6 is 0 Å². The van der Waals surface area contributed by atoms with E-state index < -0.39 is 0 Å². The second kappa shape index (κ2) is 8.67. The van der Waals surface area contributed by atoms with Crippen molar-refractivity contribution in [2.45, 2.75) is 20.4 Å². The van der Waals surface area contributed by atoms with Crippen molar-refractivity contribution < 1.29 is 14.3 Å². The van der Waals surface area contributed by atoms with Gasteiger partial charge in [0.1, 0.15) is 12.3 Å². The molecule has 0 aliphatic rings. The Morgan fingerprint density at radius 3 is 2.54 bits per heavy atom. The van der Waals surface area contributed by atoms with Gasteiger partial charge in [-0.25, -0.2) is 0 Å². The van der Waals surface area contributed by atoms with Gasteiger partial charge in [-0.2, -0.15) is 0 Å². The number of para-hydroxylation sites is 2. The van der Waals surface area contributed by atoms with Crippen molar-refractivity contribution in [3.8, 4) is 5.75 Å². The fraction of sp³-hybridized carbons (Fsp3) is 0.278. The molecule has 0 unspecified atom stereocenters. The number of amides is 2. The molecular weight excluding hydrogens is 306 g/mol. The van der Waals surface area contributed by atoms with E-state index in [1.807, 2.05) is 31.2 Å². The van der Waals surface area contributed by atoms with Crippen LogP contribution < -0.4 is 15.0 Å². The summed E-state index contributed by atoms with van der Waals surface area (Å²) in [6, 6.07) is 10.8. The van der Waals surface area contributed by atoms with Gasteiger partial charge >= 0.3 is 0 Å². The van der Waals surface area contributed by atoms with Crippen molar-refractivity contribution in [1.82, 2.24) is 10.3 Å². The Bertz CT molecular complexity index is 689. The van der Waals surface area contributed by atoms with Gasteiger partial charge in [-0.05, 0) is 36.8 Å². The fourth-order valence-electron chi connectivity index (χ4n) is 2.22. The van der Waals surface area contributed by atoms with Gasteiger partial charge < -0.3 is 10.1 Å². The van der Waals surface area contributed by atoms with E-state index in [2.05, 4.69) is 10.3 Å². The highest BCUT2D eigenvalue weighted by Gasteiger charge is 2.19. The first kappa shape index (κ1) is 17.5. The number of nitrogens with one attached hydrogen (secondary N) is 1. The Kier molecular flexibility index (Phi) is 6.31. The Balaban J connectivity index is 2.06.